The van der Waals surface area contributed by atoms with Gasteiger partial charge >= 0.3 is 5.97 Å². The highest BCUT2D eigenvalue weighted by molar-refractivity contribution is 14.1. The number of halogens is 1. The first-order chi connectivity index (χ1) is 13.6. The van der Waals surface area contributed by atoms with Gasteiger partial charge in [-0.05, 0) is 64.0 Å². The third-order valence-corrected chi connectivity index (χ3v) is 5.24. The maximum Gasteiger partial charge on any atom is 0.307 e. The average molecular weight is 483 g/mol. The van der Waals surface area contributed by atoms with Crippen molar-refractivity contribution >= 4 is 39.5 Å². The van der Waals surface area contributed by atoms with Crippen LogP contribution in [-0.4, -0.2) is 16.1 Å². The van der Waals surface area contributed by atoms with Crippen LogP contribution in [0.2, 0.25) is 0 Å². The zero-order chi connectivity index (χ0) is 19.5. The number of benzene rings is 3. The Morgan fingerprint density at radius 1 is 1.00 bits per heavy atom. The summed E-state index contributed by atoms with van der Waals surface area (Å²) in [5.41, 5.74) is 4.56. The molecule has 2 N–H and O–H groups in total. The SMILES string of the molecule is O=C(O)Cc1c(-c2cccc(OCc3ccccc3)c2)[nH]c2ccc(I)cc12. The fraction of sp³-hybridized carbons (Fsp3) is 0.0870. The summed E-state index contributed by atoms with van der Waals surface area (Å²) in [5, 5.41) is 10.4. The number of hydrogen-bond acceptors (Lipinski definition) is 2. The summed E-state index contributed by atoms with van der Waals surface area (Å²) >= 11 is 2.24. The van der Waals surface area contributed by atoms with Gasteiger partial charge in [0.1, 0.15) is 12.4 Å². The van der Waals surface area contributed by atoms with Crippen LogP contribution >= 0.6 is 22.6 Å². The summed E-state index contributed by atoms with van der Waals surface area (Å²) in [6, 6.07) is 23.8. The average Bonchev–Trinajstić information content (AvgIpc) is 3.04. The van der Waals surface area contributed by atoms with E-state index in [1.54, 1.807) is 0 Å². The van der Waals surface area contributed by atoms with Crippen molar-refractivity contribution < 1.29 is 14.6 Å². The van der Waals surface area contributed by atoms with Gasteiger partial charge in [0.2, 0.25) is 0 Å². The third kappa shape index (κ3) is 4.04. The van der Waals surface area contributed by atoms with E-state index in [4.69, 9.17) is 4.74 Å². The molecule has 0 unspecified atom stereocenters. The molecule has 0 atom stereocenters. The van der Waals surface area contributed by atoms with Crippen molar-refractivity contribution in [3.63, 3.8) is 0 Å². The van der Waals surface area contributed by atoms with E-state index in [9.17, 15) is 9.90 Å². The monoisotopic (exact) mass is 483 g/mol. The van der Waals surface area contributed by atoms with Gasteiger partial charge in [-0.25, -0.2) is 0 Å². The molecule has 0 aliphatic carbocycles. The largest absolute Gasteiger partial charge is 0.489 e. The summed E-state index contributed by atoms with van der Waals surface area (Å²) in [6.07, 6.45) is -0.0372. The number of hydrogen-bond donors (Lipinski definition) is 2. The first-order valence-corrected chi connectivity index (χ1v) is 9.97. The van der Waals surface area contributed by atoms with E-state index in [1.165, 1.54) is 0 Å². The normalized spacial score (nSPS) is 10.9. The number of carboxylic acids is 1. The van der Waals surface area contributed by atoms with Crippen molar-refractivity contribution in [1.29, 1.82) is 0 Å². The number of carboxylic acid groups (broad SMARTS) is 1. The van der Waals surface area contributed by atoms with Gasteiger partial charge < -0.3 is 14.8 Å². The lowest BCUT2D eigenvalue weighted by atomic mass is 10.0. The quantitative estimate of drug-likeness (QED) is 0.349. The minimum Gasteiger partial charge on any atom is -0.489 e. The summed E-state index contributed by atoms with van der Waals surface area (Å²) < 4.78 is 7.01. The van der Waals surface area contributed by atoms with Crippen LogP contribution in [0.4, 0.5) is 0 Å². The smallest absolute Gasteiger partial charge is 0.307 e. The highest BCUT2D eigenvalue weighted by atomic mass is 127. The minimum absolute atomic E-state index is 0.0372. The Balaban J connectivity index is 1.70. The second kappa shape index (κ2) is 8.06. The number of H-pyrrole nitrogens is 1. The number of aromatic amines is 1. The molecular formula is C23H18INO3. The minimum atomic E-state index is -0.850. The molecule has 1 aromatic heterocycles. The molecule has 0 aliphatic rings. The van der Waals surface area contributed by atoms with E-state index >= 15 is 0 Å². The van der Waals surface area contributed by atoms with Crippen LogP contribution in [-0.2, 0) is 17.8 Å². The first-order valence-electron chi connectivity index (χ1n) is 8.89. The molecular weight excluding hydrogens is 465 g/mol. The van der Waals surface area contributed by atoms with Gasteiger partial charge in [0.15, 0.2) is 0 Å². The molecule has 28 heavy (non-hydrogen) atoms. The van der Waals surface area contributed by atoms with Crippen molar-refractivity contribution in [3.8, 4) is 17.0 Å². The Bertz CT molecular complexity index is 1140. The number of aromatic nitrogens is 1. The van der Waals surface area contributed by atoms with Gasteiger partial charge in [-0.1, -0.05) is 42.5 Å². The molecule has 0 amide bonds. The van der Waals surface area contributed by atoms with E-state index in [0.29, 0.717) is 6.61 Å². The highest BCUT2D eigenvalue weighted by Crippen LogP contribution is 2.33. The maximum absolute atomic E-state index is 11.5. The molecule has 0 saturated carbocycles. The molecule has 3 aromatic carbocycles. The zero-order valence-electron chi connectivity index (χ0n) is 15.0. The zero-order valence-corrected chi connectivity index (χ0v) is 17.1. The molecule has 4 nitrogen and oxygen atoms in total. The molecule has 0 aliphatic heterocycles. The molecule has 0 saturated heterocycles. The molecule has 0 radical (unpaired) electrons. The predicted molar refractivity (Wildman–Crippen MR) is 119 cm³/mol. The number of nitrogens with one attached hydrogen (secondary N) is 1. The van der Waals surface area contributed by atoms with Crippen molar-refractivity contribution in [2.75, 3.05) is 0 Å². The van der Waals surface area contributed by atoms with Gasteiger partial charge in [0.05, 0.1) is 12.1 Å². The Hall–Kier alpha value is -2.80. The third-order valence-electron chi connectivity index (χ3n) is 4.57. The topological polar surface area (TPSA) is 62.3 Å². The number of rotatable bonds is 6. The maximum atomic E-state index is 11.5. The molecule has 1 heterocycles. The van der Waals surface area contributed by atoms with Crippen LogP contribution in [0, 0.1) is 3.57 Å². The first kappa shape index (κ1) is 18.6. The molecule has 5 heteroatoms. The van der Waals surface area contributed by atoms with Crippen LogP contribution in [0.5, 0.6) is 5.75 Å². The molecule has 4 rings (SSSR count). The van der Waals surface area contributed by atoms with E-state index in [1.807, 2.05) is 72.8 Å². The number of fused-ring (bicyclic) bond motifs is 1. The van der Waals surface area contributed by atoms with E-state index < -0.39 is 5.97 Å². The Labute approximate surface area is 176 Å². The second-order valence-electron chi connectivity index (χ2n) is 6.54. The number of ether oxygens (including phenoxy) is 1. The summed E-state index contributed by atoms with van der Waals surface area (Å²) in [6.45, 7) is 0.483. The van der Waals surface area contributed by atoms with Crippen LogP contribution in [0.3, 0.4) is 0 Å². The Kier molecular flexibility index (Phi) is 5.34. The Morgan fingerprint density at radius 2 is 1.82 bits per heavy atom. The number of carbonyl (C=O) groups is 1. The summed E-state index contributed by atoms with van der Waals surface area (Å²) in [4.78, 5) is 14.9. The van der Waals surface area contributed by atoms with Crippen molar-refractivity contribution in [2.45, 2.75) is 13.0 Å². The van der Waals surface area contributed by atoms with Gasteiger partial charge in [-0.15, -0.1) is 0 Å². The standard InChI is InChI=1S/C23H18INO3/c24-17-9-10-21-19(12-17)20(13-22(26)27)23(25-21)16-7-4-8-18(11-16)28-14-15-5-2-1-3-6-15/h1-12,25H,13-14H2,(H,26,27). The van der Waals surface area contributed by atoms with Gasteiger partial charge in [0, 0.05) is 20.0 Å². The van der Waals surface area contributed by atoms with Crippen LogP contribution in [0.15, 0.2) is 72.8 Å². The second-order valence-corrected chi connectivity index (χ2v) is 7.79. The lowest BCUT2D eigenvalue weighted by Crippen LogP contribution is -2.01. The number of aliphatic carboxylic acids is 1. The lowest BCUT2D eigenvalue weighted by Gasteiger charge is -2.09. The van der Waals surface area contributed by atoms with Crippen molar-refractivity contribution in [3.05, 3.63) is 87.5 Å². The van der Waals surface area contributed by atoms with Gasteiger partial charge in [-0.2, -0.15) is 0 Å². The summed E-state index contributed by atoms with van der Waals surface area (Å²) in [5.74, 6) is -0.103. The fourth-order valence-corrected chi connectivity index (χ4v) is 3.77. The lowest BCUT2D eigenvalue weighted by molar-refractivity contribution is -0.136. The van der Waals surface area contributed by atoms with E-state index in [-0.39, 0.29) is 6.42 Å². The molecule has 0 spiro atoms. The van der Waals surface area contributed by atoms with Crippen molar-refractivity contribution in [1.82, 2.24) is 4.98 Å². The Morgan fingerprint density at radius 3 is 2.61 bits per heavy atom. The summed E-state index contributed by atoms with van der Waals surface area (Å²) in [7, 11) is 0. The van der Waals surface area contributed by atoms with E-state index in [2.05, 4.69) is 27.6 Å². The predicted octanol–water partition coefficient (Wildman–Crippen LogP) is 5.65. The molecule has 4 aromatic rings. The van der Waals surface area contributed by atoms with Gasteiger partial charge in [0.25, 0.3) is 0 Å². The van der Waals surface area contributed by atoms with Crippen LogP contribution < -0.4 is 4.74 Å². The molecule has 0 bridgehead atoms. The van der Waals surface area contributed by atoms with Gasteiger partial charge in [-0.3, -0.25) is 4.79 Å². The van der Waals surface area contributed by atoms with Crippen molar-refractivity contribution in [2.24, 2.45) is 0 Å². The highest BCUT2D eigenvalue weighted by Gasteiger charge is 2.16. The van der Waals surface area contributed by atoms with Crippen LogP contribution in [0.1, 0.15) is 11.1 Å². The van der Waals surface area contributed by atoms with Crippen LogP contribution in [0.25, 0.3) is 22.2 Å². The fourth-order valence-electron chi connectivity index (χ4n) is 3.28. The van der Waals surface area contributed by atoms with E-state index in [0.717, 1.165) is 42.6 Å². The molecule has 140 valence electrons. The molecule has 0 fully saturated rings.